The quantitative estimate of drug-likeness (QED) is 0.785. The zero-order chi connectivity index (χ0) is 17.2. The van der Waals surface area contributed by atoms with Gasteiger partial charge in [-0.15, -0.1) is 0 Å². The molecule has 6 heteroatoms. The summed E-state index contributed by atoms with van der Waals surface area (Å²) in [6.45, 7) is 2.00. The third-order valence-corrected chi connectivity index (χ3v) is 5.58. The van der Waals surface area contributed by atoms with Gasteiger partial charge < -0.3 is 15.7 Å². The topological polar surface area (TPSA) is 87.1 Å². The number of fused-ring (bicyclic) bond motifs is 1. The highest BCUT2D eigenvalue weighted by atomic mass is 16.3. The number of nitrogens with zero attached hydrogens (tertiary/aromatic N) is 2. The summed E-state index contributed by atoms with van der Waals surface area (Å²) in [5.41, 5.74) is 2.13. The number of hydrogen-bond donors (Lipinski definition) is 3. The number of carbonyl (C=O) groups excluding carboxylic acids is 1. The molecule has 0 spiro atoms. The molecule has 1 aliphatic heterocycles. The van der Waals surface area contributed by atoms with E-state index < -0.39 is 0 Å². The number of rotatable bonds is 4. The first-order chi connectivity index (χ1) is 12.2. The average Bonchev–Trinajstić information content (AvgIpc) is 2.64. The van der Waals surface area contributed by atoms with Crippen LogP contribution >= 0.6 is 0 Å². The number of nitrogens with one attached hydrogen (secondary N) is 2. The van der Waals surface area contributed by atoms with Crippen molar-refractivity contribution >= 4 is 16.9 Å². The van der Waals surface area contributed by atoms with Gasteiger partial charge in [0.1, 0.15) is 0 Å². The van der Waals surface area contributed by atoms with E-state index in [1.807, 2.05) is 6.07 Å². The number of aliphatic hydroxyl groups is 1. The molecule has 4 rings (SSSR count). The lowest BCUT2D eigenvalue weighted by Gasteiger charge is -2.43. The van der Waals surface area contributed by atoms with E-state index in [0.29, 0.717) is 17.4 Å². The SMILES string of the molecule is O=C(N[C@H](C1CCNCC1)C1CC(O)C1)c1ccc2nccnc2c1. The van der Waals surface area contributed by atoms with E-state index in [9.17, 15) is 9.90 Å². The predicted octanol–water partition coefficient (Wildman–Crippen LogP) is 1.50. The van der Waals surface area contributed by atoms with E-state index in [-0.39, 0.29) is 18.1 Å². The molecule has 1 atom stereocenters. The van der Waals surface area contributed by atoms with Gasteiger partial charge in [-0.3, -0.25) is 14.8 Å². The van der Waals surface area contributed by atoms with Crippen LogP contribution in [0.1, 0.15) is 36.0 Å². The molecule has 25 heavy (non-hydrogen) atoms. The van der Waals surface area contributed by atoms with Crippen molar-refractivity contribution in [3.8, 4) is 0 Å². The third kappa shape index (κ3) is 3.50. The molecule has 1 aliphatic carbocycles. The van der Waals surface area contributed by atoms with Crippen molar-refractivity contribution in [3.63, 3.8) is 0 Å². The van der Waals surface area contributed by atoms with Gasteiger partial charge in [-0.1, -0.05) is 0 Å². The molecule has 0 bridgehead atoms. The fourth-order valence-corrected chi connectivity index (χ4v) is 4.09. The molecule has 3 N–H and O–H groups in total. The molecule has 0 radical (unpaired) electrons. The fraction of sp³-hybridized carbons (Fsp3) is 0.526. The molecule has 1 saturated heterocycles. The first-order valence-electron chi connectivity index (χ1n) is 9.11. The highest BCUT2D eigenvalue weighted by Gasteiger charge is 2.39. The van der Waals surface area contributed by atoms with Crippen molar-refractivity contribution in [1.82, 2.24) is 20.6 Å². The normalized spacial score (nSPS) is 25.3. The van der Waals surface area contributed by atoms with Gasteiger partial charge in [0.15, 0.2) is 0 Å². The first-order valence-corrected chi connectivity index (χ1v) is 9.11. The standard InChI is InChI=1S/C19H24N4O2/c24-15-9-14(10-15)18(12-3-5-20-6-4-12)23-19(25)13-1-2-16-17(11-13)22-8-7-21-16/h1-2,7-8,11-12,14-15,18,20,24H,3-6,9-10H2,(H,23,25)/t14?,15?,18-/m1/s1. The molecule has 0 unspecified atom stereocenters. The van der Waals surface area contributed by atoms with Crippen LogP contribution in [0.3, 0.4) is 0 Å². The van der Waals surface area contributed by atoms with Gasteiger partial charge in [-0.2, -0.15) is 0 Å². The summed E-state index contributed by atoms with van der Waals surface area (Å²) in [7, 11) is 0. The largest absolute Gasteiger partial charge is 0.393 e. The lowest BCUT2D eigenvalue weighted by atomic mass is 9.71. The minimum atomic E-state index is -0.206. The van der Waals surface area contributed by atoms with E-state index >= 15 is 0 Å². The lowest BCUT2D eigenvalue weighted by molar-refractivity contribution is 0.00919. The van der Waals surface area contributed by atoms with Gasteiger partial charge >= 0.3 is 0 Å². The van der Waals surface area contributed by atoms with Gasteiger partial charge in [0, 0.05) is 24.0 Å². The van der Waals surface area contributed by atoms with E-state index in [0.717, 1.165) is 49.8 Å². The number of hydrogen-bond acceptors (Lipinski definition) is 5. The number of aromatic nitrogens is 2. The molecular formula is C19H24N4O2. The molecule has 2 heterocycles. The van der Waals surface area contributed by atoms with Gasteiger partial charge in [0.05, 0.1) is 17.1 Å². The summed E-state index contributed by atoms with van der Waals surface area (Å²) in [5, 5.41) is 16.3. The van der Waals surface area contributed by atoms with Crippen LogP contribution in [0, 0.1) is 11.8 Å². The van der Waals surface area contributed by atoms with Crippen LogP contribution < -0.4 is 10.6 Å². The summed E-state index contributed by atoms with van der Waals surface area (Å²) in [6.07, 6.45) is 6.80. The second-order valence-corrected chi connectivity index (χ2v) is 7.23. The number of amides is 1. The second kappa shape index (κ2) is 7.06. The highest BCUT2D eigenvalue weighted by Crippen LogP contribution is 2.36. The van der Waals surface area contributed by atoms with E-state index in [2.05, 4.69) is 20.6 Å². The summed E-state index contributed by atoms with van der Waals surface area (Å²) < 4.78 is 0. The maximum Gasteiger partial charge on any atom is 0.251 e. The molecule has 1 aromatic carbocycles. The Bertz CT molecular complexity index is 754. The maximum absolute atomic E-state index is 12.8. The van der Waals surface area contributed by atoms with Gasteiger partial charge in [-0.05, 0) is 68.8 Å². The van der Waals surface area contributed by atoms with Crippen LogP contribution in [0.25, 0.3) is 11.0 Å². The van der Waals surface area contributed by atoms with Crippen molar-refractivity contribution in [1.29, 1.82) is 0 Å². The minimum Gasteiger partial charge on any atom is -0.393 e. The molecule has 2 aliphatic rings. The Hall–Kier alpha value is -2.05. The number of piperidine rings is 1. The first kappa shape index (κ1) is 16.4. The molecule has 1 aromatic heterocycles. The molecular weight excluding hydrogens is 316 g/mol. The molecule has 132 valence electrons. The number of benzene rings is 1. The Labute approximate surface area is 147 Å². The second-order valence-electron chi connectivity index (χ2n) is 7.23. The monoisotopic (exact) mass is 340 g/mol. The van der Waals surface area contributed by atoms with Crippen LogP contribution in [-0.4, -0.2) is 46.2 Å². The van der Waals surface area contributed by atoms with E-state index in [1.165, 1.54) is 0 Å². The molecule has 2 fully saturated rings. The van der Waals surface area contributed by atoms with Crippen molar-refractivity contribution in [2.24, 2.45) is 11.8 Å². The Morgan fingerprint density at radius 1 is 1.12 bits per heavy atom. The van der Waals surface area contributed by atoms with Crippen LogP contribution in [0.15, 0.2) is 30.6 Å². The van der Waals surface area contributed by atoms with Crippen molar-refractivity contribution in [2.45, 2.75) is 37.8 Å². The van der Waals surface area contributed by atoms with Crippen molar-refractivity contribution < 1.29 is 9.90 Å². The van der Waals surface area contributed by atoms with E-state index in [4.69, 9.17) is 0 Å². The van der Waals surface area contributed by atoms with E-state index in [1.54, 1.807) is 24.5 Å². The third-order valence-electron chi connectivity index (χ3n) is 5.58. The lowest BCUT2D eigenvalue weighted by Crippen LogP contribution is -2.52. The van der Waals surface area contributed by atoms with Gasteiger partial charge in [-0.25, -0.2) is 0 Å². The van der Waals surface area contributed by atoms with Gasteiger partial charge in [0.2, 0.25) is 0 Å². The van der Waals surface area contributed by atoms with Crippen molar-refractivity contribution in [2.75, 3.05) is 13.1 Å². The molecule has 2 aromatic rings. The van der Waals surface area contributed by atoms with Crippen LogP contribution in [0.5, 0.6) is 0 Å². The zero-order valence-corrected chi connectivity index (χ0v) is 14.2. The summed E-state index contributed by atoms with van der Waals surface area (Å²) in [4.78, 5) is 21.4. The fourth-order valence-electron chi connectivity index (χ4n) is 4.09. The van der Waals surface area contributed by atoms with Crippen LogP contribution in [0.4, 0.5) is 0 Å². The summed E-state index contributed by atoms with van der Waals surface area (Å²) >= 11 is 0. The Balaban J connectivity index is 1.52. The Kier molecular flexibility index (Phi) is 4.63. The summed E-state index contributed by atoms with van der Waals surface area (Å²) in [5.74, 6) is 0.794. The number of carbonyl (C=O) groups is 1. The average molecular weight is 340 g/mol. The summed E-state index contributed by atoms with van der Waals surface area (Å²) in [6, 6.07) is 5.58. The Morgan fingerprint density at radius 2 is 1.84 bits per heavy atom. The molecule has 1 saturated carbocycles. The molecule has 1 amide bonds. The highest BCUT2D eigenvalue weighted by molar-refractivity contribution is 5.97. The maximum atomic E-state index is 12.8. The van der Waals surface area contributed by atoms with Crippen LogP contribution in [0.2, 0.25) is 0 Å². The van der Waals surface area contributed by atoms with Gasteiger partial charge in [0.25, 0.3) is 5.91 Å². The van der Waals surface area contributed by atoms with Crippen molar-refractivity contribution in [3.05, 3.63) is 36.2 Å². The minimum absolute atomic E-state index is 0.0579. The molecule has 6 nitrogen and oxygen atoms in total. The number of aliphatic hydroxyl groups excluding tert-OH is 1. The zero-order valence-electron chi connectivity index (χ0n) is 14.2. The smallest absolute Gasteiger partial charge is 0.251 e. The predicted molar refractivity (Wildman–Crippen MR) is 95.1 cm³/mol. The Morgan fingerprint density at radius 3 is 2.56 bits per heavy atom. The van der Waals surface area contributed by atoms with Crippen LogP contribution in [-0.2, 0) is 0 Å².